The van der Waals surface area contributed by atoms with Gasteiger partial charge in [-0.2, -0.15) is 0 Å². The number of carbonyl (C=O) groups excluding carboxylic acids is 3. The van der Waals surface area contributed by atoms with Gasteiger partial charge in [-0.25, -0.2) is 9.78 Å². The number of nitrogens with two attached hydrogens (primary N) is 1. The van der Waals surface area contributed by atoms with Gasteiger partial charge in [0.2, 0.25) is 12.7 Å². The molecule has 0 saturated heterocycles. The second kappa shape index (κ2) is 14.7. The van der Waals surface area contributed by atoms with E-state index >= 15 is 0 Å². The van der Waals surface area contributed by atoms with Crippen molar-refractivity contribution >= 4 is 46.6 Å². The van der Waals surface area contributed by atoms with Gasteiger partial charge >= 0.3 is 6.09 Å². The van der Waals surface area contributed by atoms with Crippen LogP contribution in [0.1, 0.15) is 15.9 Å². The van der Waals surface area contributed by atoms with Crippen molar-refractivity contribution in [2.75, 3.05) is 36.3 Å². The molecule has 4 rings (SSSR count). The third kappa shape index (κ3) is 8.34. The lowest BCUT2D eigenvalue weighted by atomic mass is 10.2. The SMILES string of the molecule is CN(C(=O)OCOc1ccccc1N=Nc1ccc(NC(=O)CNC(=O)c2ccccc2)nc1N)c1ccccc1CO. The van der Waals surface area contributed by atoms with Crippen LogP contribution in [0.3, 0.4) is 0 Å². The predicted molar refractivity (Wildman–Crippen MR) is 159 cm³/mol. The summed E-state index contributed by atoms with van der Waals surface area (Å²) < 4.78 is 10.8. The first-order chi connectivity index (χ1) is 20.9. The van der Waals surface area contributed by atoms with Gasteiger partial charge in [0.05, 0.1) is 18.8 Å². The molecule has 43 heavy (non-hydrogen) atoms. The lowest BCUT2D eigenvalue weighted by Crippen LogP contribution is -2.33. The summed E-state index contributed by atoms with van der Waals surface area (Å²) in [6, 6.07) is 25.2. The third-order valence-corrected chi connectivity index (χ3v) is 5.94. The van der Waals surface area contributed by atoms with Crippen molar-refractivity contribution < 1.29 is 29.0 Å². The Bertz CT molecular complexity index is 1610. The maximum atomic E-state index is 12.5. The number of carbonyl (C=O) groups is 3. The van der Waals surface area contributed by atoms with Crippen molar-refractivity contribution in [2.45, 2.75) is 6.61 Å². The monoisotopic (exact) mass is 583 g/mol. The zero-order chi connectivity index (χ0) is 30.6. The average molecular weight is 584 g/mol. The number of pyridine rings is 1. The van der Waals surface area contributed by atoms with Crippen LogP contribution in [0.5, 0.6) is 5.75 Å². The molecule has 0 aliphatic carbocycles. The Balaban J connectivity index is 1.31. The first kappa shape index (κ1) is 30.1. The second-order valence-electron chi connectivity index (χ2n) is 8.88. The molecule has 13 nitrogen and oxygen atoms in total. The molecular formula is C30H29N7O6. The van der Waals surface area contributed by atoms with Gasteiger partial charge in [0.25, 0.3) is 5.91 Å². The number of aliphatic hydroxyl groups is 1. The van der Waals surface area contributed by atoms with Crippen molar-refractivity contribution in [1.82, 2.24) is 10.3 Å². The molecule has 0 bridgehead atoms. The summed E-state index contributed by atoms with van der Waals surface area (Å²) in [6.45, 7) is -0.884. The van der Waals surface area contributed by atoms with E-state index in [0.717, 1.165) is 0 Å². The quantitative estimate of drug-likeness (QED) is 0.147. The summed E-state index contributed by atoms with van der Waals surface area (Å²) in [5.41, 5.74) is 8.11. The van der Waals surface area contributed by atoms with Crippen molar-refractivity contribution in [1.29, 1.82) is 0 Å². The van der Waals surface area contributed by atoms with Gasteiger partial charge in [-0.15, -0.1) is 10.2 Å². The number of benzene rings is 3. The zero-order valence-electron chi connectivity index (χ0n) is 23.1. The average Bonchev–Trinajstić information content (AvgIpc) is 3.03. The van der Waals surface area contributed by atoms with E-state index in [1.54, 1.807) is 78.9 Å². The molecular weight excluding hydrogens is 554 g/mol. The van der Waals surface area contributed by atoms with E-state index in [4.69, 9.17) is 15.2 Å². The van der Waals surface area contributed by atoms with E-state index in [2.05, 4.69) is 25.8 Å². The number of aliphatic hydroxyl groups excluding tert-OH is 1. The van der Waals surface area contributed by atoms with Crippen LogP contribution in [0, 0.1) is 0 Å². The molecule has 1 aromatic heterocycles. The Hall–Kier alpha value is -5.82. The van der Waals surface area contributed by atoms with Crippen LogP contribution in [-0.2, 0) is 16.1 Å². The minimum absolute atomic E-state index is 0.00778. The molecule has 13 heteroatoms. The summed E-state index contributed by atoms with van der Waals surface area (Å²) in [7, 11) is 1.53. The minimum Gasteiger partial charge on any atom is -0.455 e. The van der Waals surface area contributed by atoms with Crippen LogP contribution in [0.4, 0.5) is 33.5 Å². The largest absolute Gasteiger partial charge is 0.455 e. The number of nitrogens with one attached hydrogen (secondary N) is 2. The van der Waals surface area contributed by atoms with Crippen molar-refractivity contribution in [3.8, 4) is 5.75 Å². The molecule has 0 unspecified atom stereocenters. The van der Waals surface area contributed by atoms with E-state index in [-0.39, 0.29) is 36.4 Å². The van der Waals surface area contributed by atoms with Crippen molar-refractivity contribution in [3.05, 3.63) is 102 Å². The van der Waals surface area contributed by atoms with Crippen LogP contribution in [-0.4, -0.2) is 48.4 Å². The summed E-state index contributed by atoms with van der Waals surface area (Å²) >= 11 is 0. The maximum absolute atomic E-state index is 12.5. The second-order valence-corrected chi connectivity index (χ2v) is 8.88. The van der Waals surface area contributed by atoms with E-state index in [0.29, 0.717) is 28.3 Å². The fourth-order valence-electron chi connectivity index (χ4n) is 3.74. The molecule has 5 N–H and O–H groups in total. The topological polar surface area (TPSA) is 181 Å². The van der Waals surface area contributed by atoms with Crippen LogP contribution < -0.4 is 26.0 Å². The molecule has 0 aliphatic rings. The van der Waals surface area contributed by atoms with Gasteiger partial charge in [0.1, 0.15) is 17.2 Å². The molecule has 3 aromatic carbocycles. The van der Waals surface area contributed by atoms with Gasteiger partial charge in [-0.1, -0.05) is 48.5 Å². The number of para-hydroxylation sites is 2. The zero-order valence-corrected chi connectivity index (χ0v) is 23.1. The van der Waals surface area contributed by atoms with Crippen LogP contribution >= 0.6 is 0 Å². The van der Waals surface area contributed by atoms with Crippen molar-refractivity contribution in [3.63, 3.8) is 0 Å². The Morgan fingerprint density at radius 3 is 2.37 bits per heavy atom. The molecule has 4 aromatic rings. The third-order valence-electron chi connectivity index (χ3n) is 5.94. The molecule has 3 amide bonds. The Morgan fingerprint density at radius 2 is 1.60 bits per heavy atom. The number of azo groups is 1. The molecule has 0 aliphatic heterocycles. The smallest absolute Gasteiger partial charge is 0.416 e. The lowest BCUT2D eigenvalue weighted by Gasteiger charge is -2.19. The van der Waals surface area contributed by atoms with Crippen molar-refractivity contribution in [2.24, 2.45) is 10.2 Å². The highest BCUT2D eigenvalue weighted by atomic mass is 16.7. The molecule has 0 atom stereocenters. The maximum Gasteiger partial charge on any atom is 0.416 e. The Morgan fingerprint density at radius 1 is 0.907 bits per heavy atom. The first-order valence-electron chi connectivity index (χ1n) is 13.0. The normalized spacial score (nSPS) is 10.7. The van der Waals surface area contributed by atoms with E-state index < -0.39 is 18.8 Å². The van der Waals surface area contributed by atoms with E-state index in [1.165, 1.54) is 24.1 Å². The number of nitrogen functional groups attached to an aromatic ring is 1. The fraction of sp³-hybridized carbons (Fsp3) is 0.133. The summed E-state index contributed by atoms with van der Waals surface area (Å²) in [5.74, 6) is -0.384. The highest BCUT2D eigenvalue weighted by molar-refractivity contribution is 5.99. The van der Waals surface area contributed by atoms with Gasteiger partial charge < -0.3 is 30.9 Å². The molecule has 0 fully saturated rings. The van der Waals surface area contributed by atoms with Crippen LogP contribution in [0.15, 0.2) is 101 Å². The Kier molecular flexibility index (Phi) is 10.3. The predicted octanol–water partition coefficient (Wildman–Crippen LogP) is 4.55. The molecule has 0 spiro atoms. The molecule has 1 heterocycles. The van der Waals surface area contributed by atoms with E-state index in [1.807, 2.05) is 0 Å². The number of amides is 3. The van der Waals surface area contributed by atoms with E-state index in [9.17, 15) is 19.5 Å². The standard InChI is InChI=1S/C30H29N7O6/c1-37(24-13-7-5-11-21(24)18-38)30(41)43-19-42-25-14-8-6-12-22(25)35-36-23-15-16-26(34-28(23)31)33-27(39)17-32-29(40)20-9-3-2-4-10-20/h2-16,38H,17-19H2,1H3,(H,32,40)(H3,31,33,34,39). The van der Waals surface area contributed by atoms with Gasteiger partial charge in [0.15, 0.2) is 11.6 Å². The van der Waals surface area contributed by atoms with Gasteiger partial charge in [-0.05, 0) is 42.5 Å². The molecule has 220 valence electrons. The Labute approximate surface area is 247 Å². The van der Waals surface area contributed by atoms with Crippen LogP contribution in [0.25, 0.3) is 0 Å². The number of aromatic nitrogens is 1. The summed E-state index contributed by atoms with van der Waals surface area (Å²) in [5, 5.41) is 22.9. The number of rotatable bonds is 11. The highest BCUT2D eigenvalue weighted by Gasteiger charge is 2.16. The summed E-state index contributed by atoms with van der Waals surface area (Å²) in [6.07, 6.45) is -0.676. The summed E-state index contributed by atoms with van der Waals surface area (Å²) in [4.78, 5) is 42.2. The highest BCUT2D eigenvalue weighted by Crippen LogP contribution is 2.30. The van der Waals surface area contributed by atoms with Gasteiger partial charge in [-0.3, -0.25) is 14.5 Å². The van der Waals surface area contributed by atoms with Gasteiger partial charge in [0, 0.05) is 18.2 Å². The number of ether oxygens (including phenoxy) is 2. The molecule has 0 saturated carbocycles. The van der Waals surface area contributed by atoms with Crippen LogP contribution in [0.2, 0.25) is 0 Å². The fourth-order valence-corrected chi connectivity index (χ4v) is 3.74. The number of hydrogen-bond acceptors (Lipinski definition) is 10. The minimum atomic E-state index is -0.676. The number of nitrogens with zero attached hydrogens (tertiary/aromatic N) is 4. The number of hydrogen-bond donors (Lipinski definition) is 4. The lowest BCUT2D eigenvalue weighted by molar-refractivity contribution is -0.115. The molecule has 0 radical (unpaired) electrons. The first-order valence-corrected chi connectivity index (χ1v) is 13.0. The number of anilines is 3.